The lowest BCUT2D eigenvalue weighted by molar-refractivity contribution is -0.142. The second-order valence-corrected chi connectivity index (χ2v) is 9.87. The Bertz CT molecular complexity index is 1140. The molecule has 0 bridgehead atoms. The Labute approximate surface area is 213 Å². The summed E-state index contributed by atoms with van der Waals surface area (Å²) in [6.45, 7) is 6.29. The normalized spacial score (nSPS) is 12.0. The summed E-state index contributed by atoms with van der Waals surface area (Å²) < 4.78 is 6.03. The van der Waals surface area contributed by atoms with Gasteiger partial charge in [0.25, 0.3) is 5.91 Å². The topological polar surface area (TPSA) is 58.6 Å². The Hall–Kier alpha value is -3.31. The van der Waals surface area contributed by atoms with E-state index in [1.54, 1.807) is 18.0 Å². The Morgan fingerprint density at radius 2 is 1.57 bits per heavy atom. The summed E-state index contributed by atoms with van der Waals surface area (Å²) in [7, 11) is 1.58. The average Bonchev–Trinajstić information content (AvgIpc) is 2.85. The predicted molar refractivity (Wildman–Crippen MR) is 141 cm³/mol. The first-order chi connectivity index (χ1) is 16.7. The molecule has 35 heavy (non-hydrogen) atoms. The quantitative estimate of drug-likeness (QED) is 0.435. The minimum absolute atomic E-state index is 0.144. The van der Waals surface area contributed by atoms with Crippen LogP contribution in [0.3, 0.4) is 0 Å². The highest BCUT2D eigenvalue weighted by Crippen LogP contribution is 2.31. The molecule has 1 atom stereocenters. The van der Waals surface area contributed by atoms with Crippen molar-refractivity contribution < 1.29 is 14.3 Å². The van der Waals surface area contributed by atoms with Crippen LogP contribution in [-0.4, -0.2) is 36.4 Å². The molecule has 0 saturated carbocycles. The van der Waals surface area contributed by atoms with Crippen molar-refractivity contribution in [2.75, 3.05) is 13.7 Å². The van der Waals surface area contributed by atoms with Crippen LogP contribution >= 0.6 is 11.6 Å². The highest BCUT2D eigenvalue weighted by atomic mass is 35.5. The van der Waals surface area contributed by atoms with Crippen molar-refractivity contribution in [3.63, 3.8) is 0 Å². The van der Waals surface area contributed by atoms with Crippen molar-refractivity contribution in [2.24, 2.45) is 0 Å². The summed E-state index contributed by atoms with van der Waals surface area (Å²) in [4.78, 5) is 28.2. The number of nitrogens with one attached hydrogen (secondary N) is 1. The van der Waals surface area contributed by atoms with E-state index in [1.165, 1.54) is 0 Å². The molecule has 0 heterocycles. The maximum Gasteiger partial charge on any atom is 0.261 e. The smallest absolute Gasteiger partial charge is 0.261 e. The van der Waals surface area contributed by atoms with Crippen molar-refractivity contribution in [3.05, 3.63) is 101 Å². The Balaban J connectivity index is 1.92. The first-order valence-corrected chi connectivity index (χ1v) is 12.1. The van der Waals surface area contributed by atoms with Gasteiger partial charge in [-0.25, -0.2) is 0 Å². The molecule has 0 saturated heterocycles. The fourth-order valence-electron chi connectivity index (χ4n) is 3.97. The van der Waals surface area contributed by atoms with Gasteiger partial charge in [0.15, 0.2) is 6.61 Å². The molecule has 6 heteroatoms. The van der Waals surface area contributed by atoms with Crippen LogP contribution < -0.4 is 10.1 Å². The Morgan fingerprint density at radius 1 is 0.943 bits per heavy atom. The first-order valence-electron chi connectivity index (χ1n) is 11.7. The lowest BCUT2D eigenvalue weighted by Crippen LogP contribution is -2.51. The van der Waals surface area contributed by atoms with E-state index in [1.807, 2.05) is 72.8 Å². The SMILES string of the molecule is CNC(=O)[C@@H](Cc1ccccc1)N(Cc1ccccc1Cl)C(=O)COc1ccccc1C(C)(C)C. The van der Waals surface area contributed by atoms with E-state index >= 15 is 0 Å². The van der Waals surface area contributed by atoms with Crippen LogP contribution in [0, 0.1) is 0 Å². The molecule has 0 radical (unpaired) electrons. The second kappa shape index (κ2) is 11.9. The maximum absolute atomic E-state index is 13.6. The van der Waals surface area contributed by atoms with E-state index < -0.39 is 6.04 Å². The van der Waals surface area contributed by atoms with Crippen LogP contribution in [-0.2, 0) is 28.0 Å². The summed E-state index contributed by atoms with van der Waals surface area (Å²) in [5.41, 5.74) is 2.59. The zero-order chi connectivity index (χ0) is 25.4. The first kappa shape index (κ1) is 26.3. The summed E-state index contributed by atoms with van der Waals surface area (Å²) in [6, 6.07) is 24.0. The molecular weight excluding hydrogens is 460 g/mol. The van der Waals surface area contributed by atoms with Crippen LogP contribution in [0.25, 0.3) is 0 Å². The minimum Gasteiger partial charge on any atom is -0.483 e. The number of para-hydroxylation sites is 1. The molecule has 3 aromatic rings. The zero-order valence-corrected chi connectivity index (χ0v) is 21.5. The van der Waals surface area contributed by atoms with Gasteiger partial charge in [-0.3, -0.25) is 9.59 Å². The molecule has 0 unspecified atom stereocenters. The van der Waals surface area contributed by atoms with Gasteiger partial charge in [-0.05, 0) is 34.2 Å². The van der Waals surface area contributed by atoms with Crippen LogP contribution in [0.1, 0.15) is 37.5 Å². The van der Waals surface area contributed by atoms with E-state index in [-0.39, 0.29) is 30.4 Å². The van der Waals surface area contributed by atoms with Gasteiger partial charge in [0.1, 0.15) is 11.8 Å². The maximum atomic E-state index is 13.6. The lowest BCUT2D eigenvalue weighted by atomic mass is 9.86. The third kappa shape index (κ3) is 7.09. The van der Waals surface area contributed by atoms with Gasteiger partial charge in [-0.1, -0.05) is 99.1 Å². The standard InChI is InChI=1S/C29H33ClN2O3/c1-29(2,3)23-15-9-11-17-26(23)35-20-27(33)32(19-22-14-8-10-16-24(22)30)25(28(34)31-4)18-21-12-6-5-7-13-21/h5-17,25H,18-20H2,1-4H3,(H,31,34)/t25-/m1/s1. The third-order valence-corrected chi connectivity index (χ3v) is 6.23. The van der Waals surface area contributed by atoms with Crippen LogP contribution in [0.5, 0.6) is 5.75 Å². The number of hydrogen-bond acceptors (Lipinski definition) is 3. The number of hydrogen-bond donors (Lipinski definition) is 1. The number of amides is 2. The van der Waals surface area contributed by atoms with Gasteiger partial charge in [0, 0.05) is 25.0 Å². The number of nitrogens with zero attached hydrogens (tertiary/aromatic N) is 1. The van der Waals surface area contributed by atoms with E-state index in [2.05, 4.69) is 26.1 Å². The highest BCUT2D eigenvalue weighted by molar-refractivity contribution is 6.31. The van der Waals surface area contributed by atoms with E-state index in [0.717, 1.165) is 16.7 Å². The van der Waals surface area contributed by atoms with Gasteiger partial charge < -0.3 is 15.0 Å². The Morgan fingerprint density at radius 3 is 2.23 bits per heavy atom. The van der Waals surface area contributed by atoms with Crippen molar-refractivity contribution in [1.82, 2.24) is 10.2 Å². The van der Waals surface area contributed by atoms with Crippen LogP contribution in [0.4, 0.5) is 0 Å². The predicted octanol–water partition coefficient (Wildman–Crippen LogP) is 5.40. The van der Waals surface area contributed by atoms with Crippen LogP contribution in [0.2, 0.25) is 5.02 Å². The zero-order valence-electron chi connectivity index (χ0n) is 20.8. The van der Waals surface area contributed by atoms with Crippen molar-refractivity contribution in [2.45, 2.75) is 45.2 Å². The lowest BCUT2D eigenvalue weighted by Gasteiger charge is -2.31. The molecular formula is C29H33ClN2O3. The summed E-state index contributed by atoms with van der Waals surface area (Å²) in [5, 5.41) is 3.26. The number of carbonyl (C=O) groups excluding carboxylic acids is 2. The molecule has 1 N–H and O–H groups in total. The molecule has 0 aromatic heterocycles. The fourth-order valence-corrected chi connectivity index (χ4v) is 4.16. The molecule has 3 aromatic carbocycles. The molecule has 0 aliphatic heterocycles. The van der Waals surface area contributed by atoms with Crippen LogP contribution in [0.15, 0.2) is 78.9 Å². The number of carbonyl (C=O) groups is 2. The number of rotatable bonds is 9. The van der Waals surface area contributed by atoms with Crippen molar-refractivity contribution in [3.8, 4) is 5.75 Å². The molecule has 0 aliphatic carbocycles. The van der Waals surface area contributed by atoms with Gasteiger partial charge >= 0.3 is 0 Å². The number of benzene rings is 3. The monoisotopic (exact) mass is 492 g/mol. The number of ether oxygens (including phenoxy) is 1. The number of halogens is 1. The molecule has 0 aliphatic rings. The average molecular weight is 493 g/mol. The van der Waals surface area contributed by atoms with E-state index in [0.29, 0.717) is 17.2 Å². The molecule has 3 rings (SSSR count). The largest absolute Gasteiger partial charge is 0.483 e. The van der Waals surface area contributed by atoms with Crippen molar-refractivity contribution >= 4 is 23.4 Å². The van der Waals surface area contributed by atoms with Gasteiger partial charge in [-0.2, -0.15) is 0 Å². The summed E-state index contributed by atoms with van der Waals surface area (Å²) >= 11 is 6.43. The van der Waals surface area contributed by atoms with E-state index in [4.69, 9.17) is 16.3 Å². The van der Waals surface area contributed by atoms with Crippen molar-refractivity contribution in [1.29, 1.82) is 0 Å². The minimum atomic E-state index is -0.729. The van der Waals surface area contributed by atoms with Gasteiger partial charge in [0.2, 0.25) is 5.91 Å². The Kier molecular flexibility index (Phi) is 8.94. The highest BCUT2D eigenvalue weighted by Gasteiger charge is 2.31. The van der Waals surface area contributed by atoms with Gasteiger partial charge in [-0.15, -0.1) is 0 Å². The van der Waals surface area contributed by atoms with E-state index in [9.17, 15) is 9.59 Å². The summed E-state index contributed by atoms with van der Waals surface area (Å²) in [5.74, 6) is 0.119. The number of likely N-dealkylation sites (N-methyl/N-ethyl adjacent to an activating group) is 1. The van der Waals surface area contributed by atoms with Gasteiger partial charge in [0.05, 0.1) is 0 Å². The molecule has 0 spiro atoms. The third-order valence-electron chi connectivity index (χ3n) is 5.86. The molecule has 0 fully saturated rings. The molecule has 184 valence electrons. The molecule has 2 amide bonds. The summed E-state index contributed by atoms with van der Waals surface area (Å²) in [6.07, 6.45) is 0.370. The molecule has 5 nitrogen and oxygen atoms in total. The second-order valence-electron chi connectivity index (χ2n) is 9.47. The fraction of sp³-hybridized carbons (Fsp3) is 0.310.